The van der Waals surface area contributed by atoms with Gasteiger partial charge in [0.2, 0.25) is 0 Å². The van der Waals surface area contributed by atoms with E-state index in [4.69, 9.17) is 9.72 Å². The number of hydrogen-bond donors (Lipinski definition) is 0. The molecule has 4 nitrogen and oxygen atoms in total. The zero-order valence-corrected chi connectivity index (χ0v) is 13.2. The summed E-state index contributed by atoms with van der Waals surface area (Å²) in [6.45, 7) is 4.92. The minimum atomic E-state index is -0.0576. The smallest absolute Gasteiger partial charge is 0.268 e. The Labute approximate surface area is 134 Å². The highest BCUT2D eigenvalue weighted by atomic mass is 16.5. The molecule has 0 N–H and O–H groups in total. The quantitative estimate of drug-likeness (QED) is 0.569. The standard InChI is InChI=1S/C19H18N2O2/c1-12(2)9-11-23-18-13-6-3-4-7-14(13)20-17-15-8-5-10-21(15)19(22)16(17)18/h3-8,10,12H,9,11H2,1-2H3. The van der Waals surface area contributed by atoms with Crippen LogP contribution < -0.4 is 4.74 Å². The number of fused-ring (bicyclic) bond motifs is 4. The molecule has 1 aromatic carbocycles. The first-order valence-corrected chi connectivity index (χ1v) is 7.95. The largest absolute Gasteiger partial charge is 0.492 e. The molecule has 4 rings (SSSR count). The molecule has 3 aromatic rings. The van der Waals surface area contributed by atoms with Gasteiger partial charge in [-0.2, -0.15) is 0 Å². The summed E-state index contributed by atoms with van der Waals surface area (Å²) in [5.41, 5.74) is 3.00. The van der Waals surface area contributed by atoms with Crippen molar-refractivity contribution in [2.24, 2.45) is 5.92 Å². The monoisotopic (exact) mass is 306 g/mol. The Hall–Kier alpha value is -2.62. The lowest BCUT2D eigenvalue weighted by Crippen LogP contribution is -2.09. The van der Waals surface area contributed by atoms with Crippen molar-refractivity contribution < 1.29 is 9.53 Å². The third kappa shape index (κ3) is 2.13. The average Bonchev–Trinajstić information content (AvgIpc) is 3.11. The first kappa shape index (κ1) is 14.0. The van der Waals surface area contributed by atoms with E-state index in [2.05, 4.69) is 13.8 Å². The molecule has 0 aliphatic carbocycles. The van der Waals surface area contributed by atoms with Crippen molar-refractivity contribution in [3.05, 3.63) is 48.2 Å². The van der Waals surface area contributed by atoms with Crippen molar-refractivity contribution in [2.75, 3.05) is 6.61 Å². The van der Waals surface area contributed by atoms with Gasteiger partial charge in [-0.25, -0.2) is 4.98 Å². The van der Waals surface area contributed by atoms with Gasteiger partial charge in [-0.15, -0.1) is 0 Å². The van der Waals surface area contributed by atoms with E-state index in [9.17, 15) is 4.79 Å². The van der Waals surface area contributed by atoms with Crippen LogP contribution in [0.1, 0.15) is 30.6 Å². The number of carbonyl (C=O) groups excluding carboxylic acids is 1. The lowest BCUT2D eigenvalue weighted by atomic mass is 10.1. The Bertz CT molecular complexity index is 909. The molecular weight excluding hydrogens is 288 g/mol. The summed E-state index contributed by atoms with van der Waals surface area (Å²) >= 11 is 0. The molecule has 1 aliphatic rings. The van der Waals surface area contributed by atoms with E-state index in [-0.39, 0.29) is 5.91 Å². The molecule has 0 radical (unpaired) electrons. The van der Waals surface area contributed by atoms with Gasteiger partial charge in [-0.3, -0.25) is 9.36 Å². The molecular formula is C19H18N2O2. The van der Waals surface area contributed by atoms with Gasteiger partial charge in [0.15, 0.2) is 0 Å². The zero-order chi connectivity index (χ0) is 16.0. The van der Waals surface area contributed by atoms with Gasteiger partial charge in [0.1, 0.15) is 17.0 Å². The Morgan fingerprint density at radius 2 is 2.00 bits per heavy atom. The Morgan fingerprint density at radius 3 is 2.83 bits per heavy atom. The highest BCUT2D eigenvalue weighted by Gasteiger charge is 2.32. The highest BCUT2D eigenvalue weighted by Crippen LogP contribution is 2.40. The molecule has 0 amide bonds. The number of aromatic nitrogens is 2. The Kier molecular flexibility index (Phi) is 3.18. The molecule has 0 saturated carbocycles. The second kappa shape index (κ2) is 5.23. The number of pyridine rings is 1. The van der Waals surface area contributed by atoms with Crippen LogP contribution in [0, 0.1) is 5.92 Å². The fraction of sp³-hybridized carbons (Fsp3) is 0.263. The van der Waals surface area contributed by atoms with E-state index in [1.54, 1.807) is 10.8 Å². The Balaban J connectivity index is 1.90. The number of hydrogen-bond acceptors (Lipinski definition) is 3. The van der Waals surface area contributed by atoms with Gasteiger partial charge in [0, 0.05) is 11.6 Å². The van der Waals surface area contributed by atoms with E-state index >= 15 is 0 Å². The second-order valence-electron chi connectivity index (χ2n) is 6.28. The van der Waals surface area contributed by atoms with Gasteiger partial charge in [-0.1, -0.05) is 26.0 Å². The van der Waals surface area contributed by atoms with Gasteiger partial charge in [0.25, 0.3) is 5.91 Å². The zero-order valence-electron chi connectivity index (χ0n) is 13.2. The summed E-state index contributed by atoms with van der Waals surface area (Å²) in [6.07, 6.45) is 2.73. The average molecular weight is 306 g/mol. The fourth-order valence-electron chi connectivity index (χ4n) is 2.98. The van der Waals surface area contributed by atoms with Crippen LogP contribution >= 0.6 is 0 Å². The minimum absolute atomic E-state index is 0.0576. The first-order valence-electron chi connectivity index (χ1n) is 7.95. The molecule has 3 heterocycles. The number of ether oxygens (including phenoxy) is 1. The topological polar surface area (TPSA) is 44.1 Å². The minimum Gasteiger partial charge on any atom is -0.492 e. The number of benzene rings is 1. The second-order valence-corrected chi connectivity index (χ2v) is 6.28. The van der Waals surface area contributed by atoms with Crippen molar-refractivity contribution in [2.45, 2.75) is 20.3 Å². The van der Waals surface area contributed by atoms with Gasteiger partial charge >= 0.3 is 0 Å². The molecule has 4 heteroatoms. The summed E-state index contributed by atoms with van der Waals surface area (Å²) in [5.74, 6) is 1.17. The highest BCUT2D eigenvalue weighted by molar-refractivity contribution is 6.13. The van der Waals surface area contributed by atoms with Crippen molar-refractivity contribution in [1.29, 1.82) is 0 Å². The van der Waals surface area contributed by atoms with Crippen molar-refractivity contribution in [3.8, 4) is 17.1 Å². The molecule has 0 saturated heterocycles. The van der Waals surface area contributed by atoms with Gasteiger partial charge in [-0.05, 0) is 36.6 Å². The van der Waals surface area contributed by atoms with Gasteiger partial charge in [0.05, 0.1) is 17.8 Å². The van der Waals surface area contributed by atoms with Crippen LogP contribution in [0.3, 0.4) is 0 Å². The molecule has 116 valence electrons. The predicted octanol–water partition coefficient (Wildman–Crippen LogP) is 4.13. The summed E-state index contributed by atoms with van der Waals surface area (Å²) < 4.78 is 7.71. The lowest BCUT2D eigenvalue weighted by Gasteiger charge is -2.13. The van der Waals surface area contributed by atoms with Crippen molar-refractivity contribution >= 4 is 16.8 Å². The van der Waals surface area contributed by atoms with Crippen LogP contribution in [0.15, 0.2) is 42.6 Å². The summed E-state index contributed by atoms with van der Waals surface area (Å²) in [5, 5.41) is 0.897. The van der Waals surface area contributed by atoms with E-state index in [0.29, 0.717) is 23.8 Å². The summed E-state index contributed by atoms with van der Waals surface area (Å²) in [4.78, 5) is 17.5. The van der Waals surface area contributed by atoms with Crippen molar-refractivity contribution in [3.63, 3.8) is 0 Å². The molecule has 1 aliphatic heterocycles. The van der Waals surface area contributed by atoms with Crippen molar-refractivity contribution in [1.82, 2.24) is 9.55 Å². The molecule has 23 heavy (non-hydrogen) atoms. The maximum absolute atomic E-state index is 12.8. The normalized spacial score (nSPS) is 12.7. The van der Waals surface area contributed by atoms with E-state index < -0.39 is 0 Å². The van der Waals surface area contributed by atoms with Crippen LogP contribution in [0.5, 0.6) is 5.75 Å². The molecule has 0 unspecified atom stereocenters. The van der Waals surface area contributed by atoms with Crippen LogP contribution in [-0.2, 0) is 0 Å². The fourth-order valence-corrected chi connectivity index (χ4v) is 2.98. The van der Waals surface area contributed by atoms with Crippen LogP contribution in [-0.4, -0.2) is 22.1 Å². The third-order valence-electron chi connectivity index (χ3n) is 4.21. The van der Waals surface area contributed by atoms with E-state index in [1.807, 2.05) is 36.4 Å². The van der Waals surface area contributed by atoms with Crippen LogP contribution in [0.2, 0.25) is 0 Å². The SMILES string of the molecule is CC(C)CCOc1c2c(nc3ccccc13)-c1cccn1C2=O. The molecule has 0 spiro atoms. The molecule has 0 bridgehead atoms. The lowest BCUT2D eigenvalue weighted by molar-refractivity contribution is 0.0965. The third-order valence-corrected chi connectivity index (χ3v) is 4.21. The number of para-hydroxylation sites is 1. The number of nitrogens with zero attached hydrogens (tertiary/aromatic N) is 2. The Morgan fingerprint density at radius 1 is 1.17 bits per heavy atom. The van der Waals surface area contributed by atoms with E-state index in [0.717, 1.165) is 28.7 Å². The molecule has 2 aromatic heterocycles. The maximum Gasteiger partial charge on any atom is 0.268 e. The van der Waals surface area contributed by atoms with Gasteiger partial charge < -0.3 is 4.74 Å². The predicted molar refractivity (Wildman–Crippen MR) is 89.8 cm³/mol. The summed E-state index contributed by atoms with van der Waals surface area (Å²) in [7, 11) is 0. The number of carbonyl (C=O) groups is 1. The summed E-state index contributed by atoms with van der Waals surface area (Å²) in [6, 6.07) is 11.6. The molecule has 0 fully saturated rings. The number of rotatable bonds is 4. The first-order chi connectivity index (χ1) is 11.2. The molecule has 0 atom stereocenters. The maximum atomic E-state index is 12.8. The van der Waals surface area contributed by atoms with E-state index in [1.165, 1.54) is 0 Å². The van der Waals surface area contributed by atoms with Crippen LogP contribution in [0.25, 0.3) is 22.3 Å². The van der Waals surface area contributed by atoms with Crippen LogP contribution in [0.4, 0.5) is 0 Å².